The van der Waals surface area contributed by atoms with Gasteiger partial charge in [0.05, 0.1) is 5.56 Å². The number of amides is 1. The van der Waals surface area contributed by atoms with E-state index >= 15 is 0 Å². The van der Waals surface area contributed by atoms with Crippen LogP contribution in [0.3, 0.4) is 0 Å². The lowest BCUT2D eigenvalue weighted by atomic mass is 10.1. The monoisotopic (exact) mass is 598 g/mol. The summed E-state index contributed by atoms with van der Waals surface area (Å²) < 4.78 is 54.5. The SMILES string of the molecule is O=C(Cn1cc(Cc2cncnc2)c(=O)nc1SCc1ccc(F)cc1)N1CCN(c2cccc(C(F)(F)F)c2)CC1. The molecule has 3 heterocycles. The zero-order valence-electron chi connectivity index (χ0n) is 22.3. The number of anilines is 1. The van der Waals surface area contributed by atoms with Gasteiger partial charge in [0.2, 0.25) is 5.91 Å². The number of carbonyl (C=O) groups excluding carboxylic acids is 1. The van der Waals surface area contributed by atoms with Crippen molar-refractivity contribution < 1.29 is 22.4 Å². The second-order valence-corrected chi connectivity index (χ2v) is 10.7. The first-order chi connectivity index (χ1) is 20.2. The van der Waals surface area contributed by atoms with Gasteiger partial charge in [0.25, 0.3) is 5.56 Å². The van der Waals surface area contributed by atoms with Crippen molar-refractivity contribution >= 4 is 23.4 Å². The molecule has 218 valence electrons. The molecule has 0 aliphatic carbocycles. The summed E-state index contributed by atoms with van der Waals surface area (Å²) in [5.41, 5.74) is 1.22. The molecule has 2 aromatic heterocycles. The number of alkyl halides is 3. The molecule has 4 aromatic rings. The lowest BCUT2D eigenvalue weighted by molar-refractivity contribution is -0.137. The largest absolute Gasteiger partial charge is 0.416 e. The van der Waals surface area contributed by atoms with E-state index in [2.05, 4.69) is 15.0 Å². The quantitative estimate of drug-likeness (QED) is 0.169. The number of piperazine rings is 1. The Balaban J connectivity index is 1.31. The van der Waals surface area contributed by atoms with Gasteiger partial charge in [-0.05, 0) is 41.5 Å². The van der Waals surface area contributed by atoms with Crippen molar-refractivity contribution in [1.29, 1.82) is 0 Å². The summed E-state index contributed by atoms with van der Waals surface area (Å²) in [6.07, 6.45) is 2.01. The molecule has 0 bridgehead atoms. The van der Waals surface area contributed by atoms with Crippen molar-refractivity contribution in [2.75, 3.05) is 31.1 Å². The standard InChI is InChI=1S/C29H26F4N6O2S/c30-24-6-4-20(5-7-24)18-42-28-36-27(41)22(12-21-14-34-19-35-15-21)16-39(28)17-26(40)38-10-8-37(9-11-38)25-3-1-2-23(13-25)29(31,32)33/h1-7,13-16,19H,8-12,17-18H2. The summed E-state index contributed by atoms with van der Waals surface area (Å²) in [5.74, 6) is -0.156. The minimum absolute atomic E-state index is 0.0825. The number of benzene rings is 2. The number of carbonyl (C=O) groups is 1. The maximum atomic E-state index is 13.4. The van der Waals surface area contributed by atoms with E-state index in [0.717, 1.165) is 17.7 Å². The number of nitrogens with zero attached hydrogens (tertiary/aromatic N) is 6. The molecule has 8 nitrogen and oxygen atoms in total. The van der Waals surface area contributed by atoms with Crippen molar-refractivity contribution in [3.8, 4) is 0 Å². The Hall–Kier alpha value is -4.26. The van der Waals surface area contributed by atoms with Crippen LogP contribution in [0.5, 0.6) is 0 Å². The van der Waals surface area contributed by atoms with Gasteiger partial charge < -0.3 is 14.4 Å². The minimum atomic E-state index is -4.43. The van der Waals surface area contributed by atoms with E-state index in [1.54, 1.807) is 46.3 Å². The molecule has 1 amide bonds. The van der Waals surface area contributed by atoms with Crippen molar-refractivity contribution in [1.82, 2.24) is 24.4 Å². The van der Waals surface area contributed by atoms with Gasteiger partial charge >= 0.3 is 6.18 Å². The van der Waals surface area contributed by atoms with Crippen LogP contribution in [0.2, 0.25) is 0 Å². The smallest absolute Gasteiger partial charge is 0.368 e. The van der Waals surface area contributed by atoms with Gasteiger partial charge in [0, 0.05) is 68.2 Å². The van der Waals surface area contributed by atoms with Gasteiger partial charge in [-0.25, -0.2) is 14.4 Å². The van der Waals surface area contributed by atoms with E-state index < -0.39 is 17.3 Å². The van der Waals surface area contributed by atoms with Gasteiger partial charge in [-0.2, -0.15) is 18.2 Å². The fourth-order valence-electron chi connectivity index (χ4n) is 4.58. The fourth-order valence-corrected chi connectivity index (χ4v) is 5.50. The van der Waals surface area contributed by atoms with E-state index in [-0.39, 0.29) is 24.7 Å². The lowest BCUT2D eigenvalue weighted by Gasteiger charge is -2.36. The molecule has 1 aliphatic heterocycles. The summed E-state index contributed by atoms with van der Waals surface area (Å²) in [5, 5.41) is 0.341. The number of aromatic nitrogens is 4. The number of hydrogen-bond donors (Lipinski definition) is 0. The van der Waals surface area contributed by atoms with E-state index in [1.807, 2.05) is 4.90 Å². The van der Waals surface area contributed by atoms with E-state index in [4.69, 9.17) is 0 Å². The van der Waals surface area contributed by atoms with Crippen LogP contribution in [0.15, 0.2) is 83.4 Å². The maximum Gasteiger partial charge on any atom is 0.416 e. The number of rotatable bonds is 8. The van der Waals surface area contributed by atoms with Gasteiger partial charge in [-0.15, -0.1) is 0 Å². The van der Waals surface area contributed by atoms with Crippen LogP contribution in [-0.4, -0.2) is 56.5 Å². The molecule has 0 unspecified atom stereocenters. The third kappa shape index (κ3) is 7.32. The molecule has 0 N–H and O–H groups in total. The maximum absolute atomic E-state index is 13.4. The Kier molecular flexibility index (Phi) is 8.86. The first kappa shape index (κ1) is 29.2. The summed E-state index contributed by atoms with van der Waals surface area (Å²) in [6.45, 7) is 1.33. The van der Waals surface area contributed by atoms with Crippen LogP contribution in [0.25, 0.3) is 0 Å². The average molecular weight is 599 g/mol. The molecule has 0 atom stereocenters. The molecule has 1 fully saturated rings. The van der Waals surface area contributed by atoms with Gasteiger partial charge in [-0.3, -0.25) is 9.59 Å². The van der Waals surface area contributed by atoms with Crippen molar-refractivity contribution in [2.24, 2.45) is 0 Å². The van der Waals surface area contributed by atoms with Gasteiger partial charge in [-0.1, -0.05) is 30.0 Å². The molecule has 0 spiro atoms. The summed E-state index contributed by atoms with van der Waals surface area (Å²) in [4.78, 5) is 42.0. The predicted molar refractivity (Wildman–Crippen MR) is 150 cm³/mol. The highest BCUT2D eigenvalue weighted by molar-refractivity contribution is 7.98. The molecule has 0 radical (unpaired) electrons. The third-order valence-corrected chi connectivity index (χ3v) is 7.86. The molecule has 1 aliphatic rings. The molecule has 42 heavy (non-hydrogen) atoms. The second kappa shape index (κ2) is 12.7. The molecule has 1 saturated heterocycles. The number of halogens is 4. The third-order valence-electron chi connectivity index (χ3n) is 6.80. The first-order valence-corrected chi connectivity index (χ1v) is 14.1. The predicted octanol–water partition coefficient (Wildman–Crippen LogP) is 4.42. The zero-order chi connectivity index (χ0) is 29.7. The molecule has 5 rings (SSSR count). The number of thioether (sulfide) groups is 1. The minimum Gasteiger partial charge on any atom is -0.368 e. The van der Waals surface area contributed by atoms with E-state index in [9.17, 15) is 27.2 Å². The summed E-state index contributed by atoms with van der Waals surface area (Å²) in [6, 6.07) is 11.1. The summed E-state index contributed by atoms with van der Waals surface area (Å²) in [7, 11) is 0. The normalized spacial score (nSPS) is 13.8. The lowest BCUT2D eigenvalue weighted by Crippen LogP contribution is -2.49. The van der Waals surface area contributed by atoms with Crippen LogP contribution in [0.4, 0.5) is 23.2 Å². The average Bonchev–Trinajstić information content (AvgIpc) is 2.99. The molecule has 13 heteroatoms. The highest BCUT2D eigenvalue weighted by Crippen LogP contribution is 2.32. The van der Waals surface area contributed by atoms with Crippen LogP contribution in [0.1, 0.15) is 22.3 Å². The molecular formula is C29H26F4N6O2S. The van der Waals surface area contributed by atoms with Crippen LogP contribution >= 0.6 is 11.8 Å². The van der Waals surface area contributed by atoms with Crippen LogP contribution in [-0.2, 0) is 29.7 Å². The Bertz CT molecular complexity index is 1590. The van der Waals surface area contributed by atoms with Gasteiger partial charge in [0.15, 0.2) is 5.16 Å². The highest BCUT2D eigenvalue weighted by Gasteiger charge is 2.31. The Morgan fingerprint density at radius 1 is 0.952 bits per heavy atom. The van der Waals surface area contributed by atoms with Crippen LogP contribution < -0.4 is 10.5 Å². The van der Waals surface area contributed by atoms with Gasteiger partial charge in [0.1, 0.15) is 18.7 Å². The molecular weight excluding hydrogens is 572 g/mol. The van der Waals surface area contributed by atoms with E-state index in [1.165, 1.54) is 36.3 Å². The first-order valence-electron chi connectivity index (χ1n) is 13.1. The van der Waals surface area contributed by atoms with Crippen molar-refractivity contribution in [3.63, 3.8) is 0 Å². The summed E-state index contributed by atoms with van der Waals surface area (Å²) >= 11 is 1.26. The van der Waals surface area contributed by atoms with Crippen LogP contribution in [0, 0.1) is 5.82 Å². The topological polar surface area (TPSA) is 84.2 Å². The Morgan fingerprint density at radius 3 is 2.36 bits per heavy atom. The highest BCUT2D eigenvalue weighted by atomic mass is 32.2. The fraction of sp³-hybridized carbons (Fsp3) is 0.276. The Labute approximate surface area is 243 Å². The number of hydrogen-bond acceptors (Lipinski definition) is 7. The molecule has 2 aromatic carbocycles. The van der Waals surface area contributed by atoms with Crippen molar-refractivity contribution in [3.05, 3.63) is 112 Å². The molecule has 0 saturated carbocycles. The van der Waals surface area contributed by atoms with Crippen molar-refractivity contribution in [2.45, 2.75) is 30.1 Å². The Morgan fingerprint density at radius 2 is 1.67 bits per heavy atom. The van der Waals surface area contributed by atoms with E-state index in [0.29, 0.717) is 53.9 Å². The zero-order valence-corrected chi connectivity index (χ0v) is 23.1. The second-order valence-electron chi connectivity index (χ2n) is 9.74.